The van der Waals surface area contributed by atoms with Gasteiger partial charge in [-0.05, 0) is 119 Å². The predicted molar refractivity (Wildman–Crippen MR) is 137 cm³/mol. The number of methoxy groups -OCH3 is 1. The minimum absolute atomic E-state index is 0.101. The van der Waals surface area contributed by atoms with Crippen LogP contribution in [0.15, 0.2) is 61.2 Å². The van der Waals surface area contributed by atoms with Crippen molar-refractivity contribution < 1.29 is 19.4 Å². The van der Waals surface area contributed by atoms with Crippen LogP contribution < -0.4 is 0 Å². The molecule has 0 amide bonds. The summed E-state index contributed by atoms with van der Waals surface area (Å²) in [6.45, 7) is 4.13. The van der Waals surface area contributed by atoms with Crippen LogP contribution in [0.25, 0.3) is 27.5 Å². The van der Waals surface area contributed by atoms with Gasteiger partial charge in [-0.2, -0.15) is 0 Å². The van der Waals surface area contributed by atoms with E-state index >= 15 is 0 Å². The Balaban J connectivity index is 1.47. The first kappa shape index (κ1) is 22.1. The molecule has 4 nitrogen and oxygen atoms in total. The summed E-state index contributed by atoms with van der Waals surface area (Å²) in [4.78, 5) is 23.9. The van der Waals surface area contributed by atoms with Crippen LogP contribution in [0.3, 0.4) is 0 Å². The number of carboxylic acids is 1. The first-order valence-electron chi connectivity index (χ1n) is 12.5. The third kappa shape index (κ3) is 3.67. The zero-order valence-electron chi connectivity index (χ0n) is 20.0. The maximum absolute atomic E-state index is 12.5. The summed E-state index contributed by atoms with van der Waals surface area (Å²) in [5.74, 6) is 1.07. The minimum atomic E-state index is -0.919. The number of rotatable bonds is 5. The number of fused-ring (bicyclic) bond motifs is 1. The molecular weight excluding hydrogens is 436 g/mol. The second kappa shape index (κ2) is 8.08. The van der Waals surface area contributed by atoms with Gasteiger partial charge in [0.25, 0.3) is 0 Å². The molecule has 4 bridgehead atoms. The Morgan fingerprint density at radius 1 is 0.857 bits per heavy atom. The van der Waals surface area contributed by atoms with Gasteiger partial charge in [-0.1, -0.05) is 36.9 Å². The van der Waals surface area contributed by atoms with Crippen molar-refractivity contribution in [1.29, 1.82) is 0 Å². The van der Waals surface area contributed by atoms with Crippen LogP contribution in [0.2, 0.25) is 0 Å². The largest absolute Gasteiger partial charge is 0.478 e. The van der Waals surface area contributed by atoms with Gasteiger partial charge in [-0.3, -0.25) is 0 Å². The minimum Gasteiger partial charge on any atom is -0.478 e. The van der Waals surface area contributed by atoms with Crippen LogP contribution in [0.4, 0.5) is 0 Å². The van der Waals surface area contributed by atoms with Crippen LogP contribution in [0.5, 0.6) is 0 Å². The van der Waals surface area contributed by atoms with Gasteiger partial charge in [0.15, 0.2) is 0 Å². The number of benzene rings is 3. The highest BCUT2D eigenvalue weighted by Gasteiger charge is 2.52. The smallest absolute Gasteiger partial charge is 0.337 e. The Hall–Kier alpha value is -3.40. The van der Waals surface area contributed by atoms with Gasteiger partial charge >= 0.3 is 11.9 Å². The number of aromatic carboxylic acids is 1. The molecule has 0 heterocycles. The van der Waals surface area contributed by atoms with E-state index in [2.05, 4.69) is 36.9 Å². The van der Waals surface area contributed by atoms with Crippen LogP contribution in [-0.4, -0.2) is 24.2 Å². The van der Waals surface area contributed by atoms with Crippen molar-refractivity contribution in [3.05, 3.63) is 77.9 Å². The lowest BCUT2D eigenvalue weighted by atomic mass is 9.47. The van der Waals surface area contributed by atoms with Crippen molar-refractivity contribution in [2.45, 2.75) is 43.9 Å². The quantitative estimate of drug-likeness (QED) is 0.330. The number of ether oxygens (including phenoxy) is 1. The second-order valence-electron chi connectivity index (χ2n) is 11.0. The molecule has 0 spiro atoms. The van der Waals surface area contributed by atoms with Gasteiger partial charge in [-0.15, -0.1) is 0 Å². The summed E-state index contributed by atoms with van der Waals surface area (Å²) in [7, 11) is 1.41. The summed E-state index contributed by atoms with van der Waals surface area (Å²) >= 11 is 0. The highest BCUT2D eigenvalue weighted by Crippen LogP contribution is 2.61. The lowest BCUT2D eigenvalue weighted by molar-refractivity contribution is -0.133. The Kier molecular flexibility index (Phi) is 5.10. The molecule has 0 aliphatic heterocycles. The summed E-state index contributed by atoms with van der Waals surface area (Å²) in [6, 6.07) is 17.8. The molecule has 4 aliphatic rings. The van der Waals surface area contributed by atoms with Gasteiger partial charge in [0.2, 0.25) is 0 Å². The van der Waals surface area contributed by atoms with Crippen molar-refractivity contribution in [3.8, 4) is 11.1 Å². The average Bonchev–Trinajstić information content (AvgIpc) is 2.86. The van der Waals surface area contributed by atoms with E-state index in [9.17, 15) is 14.7 Å². The fourth-order valence-corrected chi connectivity index (χ4v) is 7.66. The van der Waals surface area contributed by atoms with Crippen molar-refractivity contribution in [3.63, 3.8) is 0 Å². The molecule has 35 heavy (non-hydrogen) atoms. The Bertz CT molecular complexity index is 1350. The molecule has 178 valence electrons. The molecule has 4 aliphatic carbocycles. The molecule has 0 unspecified atom stereocenters. The number of esters is 1. The molecule has 0 aromatic heterocycles. The fraction of sp³-hybridized carbons (Fsp3) is 0.355. The molecular formula is C31H30O4. The van der Waals surface area contributed by atoms with Gasteiger partial charge in [0.05, 0.1) is 18.2 Å². The summed E-state index contributed by atoms with van der Waals surface area (Å²) in [6.07, 6.45) is 7.65. The highest BCUT2D eigenvalue weighted by atomic mass is 16.5. The third-order valence-electron chi connectivity index (χ3n) is 8.81. The number of hydrogen-bond donors (Lipinski definition) is 1. The van der Waals surface area contributed by atoms with E-state index in [-0.39, 0.29) is 11.4 Å². The SMILES string of the molecule is C=C(C(=O)OC)c1ccc(-c2ccc3cc(C(=O)O)ccc3c2)cc1C12CC3CC(CC(C3)C1)C2. The lowest BCUT2D eigenvalue weighted by Gasteiger charge is -2.57. The summed E-state index contributed by atoms with van der Waals surface area (Å²) in [5, 5.41) is 11.2. The molecule has 3 aromatic carbocycles. The maximum Gasteiger partial charge on any atom is 0.337 e. The standard InChI is InChI=1S/C31H30O4/c1-18(30(34)35-2)27-8-7-25(23-3-4-24-13-26(29(32)33)6-5-22(24)12-23)14-28(27)31-15-19-9-20(16-31)11-21(10-19)17-31/h3-8,12-14,19-21H,1,9-11,15-17H2,2H3,(H,32,33). The molecule has 3 aromatic rings. The normalized spacial score (nSPS) is 26.6. The molecule has 0 atom stereocenters. The topological polar surface area (TPSA) is 63.6 Å². The lowest BCUT2D eigenvalue weighted by Crippen LogP contribution is -2.49. The third-order valence-corrected chi connectivity index (χ3v) is 8.81. The number of carboxylic acid groups (broad SMARTS) is 1. The zero-order valence-corrected chi connectivity index (χ0v) is 20.0. The molecule has 0 radical (unpaired) electrons. The van der Waals surface area contributed by atoms with E-state index in [1.54, 1.807) is 12.1 Å². The van der Waals surface area contributed by atoms with E-state index in [0.29, 0.717) is 11.1 Å². The summed E-state index contributed by atoms with van der Waals surface area (Å²) < 4.78 is 5.05. The van der Waals surface area contributed by atoms with Crippen molar-refractivity contribution in [1.82, 2.24) is 0 Å². The maximum atomic E-state index is 12.5. The fourth-order valence-electron chi connectivity index (χ4n) is 7.66. The number of carbonyl (C=O) groups is 2. The van der Waals surface area contributed by atoms with E-state index in [1.807, 2.05) is 12.1 Å². The summed E-state index contributed by atoms with van der Waals surface area (Å²) in [5.41, 5.74) is 5.21. The Morgan fingerprint density at radius 3 is 2.06 bits per heavy atom. The van der Waals surface area contributed by atoms with Gasteiger partial charge in [0, 0.05) is 0 Å². The first-order chi connectivity index (χ1) is 16.8. The van der Waals surface area contributed by atoms with E-state index in [1.165, 1.54) is 51.2 Å². The molecule has 4 fully saturated rings. The Labute approximate surface area is 205 Å². The molecule has 1 N–H and O–H groups in total. The van der Waals surface area contributed by atoms with E-state index < -0.39 is 5.97 Å². The number of carbonyl (C=O) groups excluding carboxylic acids is 1. The zero-order chi connectivity index (χ0) is 24.3. The molecule has 7 rings (SSSR count). The van der Waals surface area contributed by atoms with Crippen LogP contribution >= 0.6 is 0 Å². The van der Waals surface area contributed by atoms with E-state index in [0.717, 1.165) is 45.2 Å². The van der Waals surface area contributed by atoms with Gasteiger partial charge in [-0.25, -0.2) is 9.59 Å². The van der Waals surface area contributed by atoms with Crippen LogP contribution in [0, 0.1) is 17.8 Å². The monoisotopic (exact) mass is 466 g/mol. The Morgan fingerprint density at radius 2 is 1.43 bits per heavy atom. The van der Waals surface area contributed by atoms with Crippen molar-refractivity contribution in [2.24, 2.45) is 17.8 Å². The van der Waals surface area contributed by atoms with Crippen LogP contribution in [-0.2, 0) is 14.9 Å². The van der Waals surface area contributed by atoms with E-state index in [4.69, 9.17) is 4.74 Å². The van der Waals surface area contributed by atoms with Gasteiger partial charge < -0.3 is 9.84 Å². The molecule has 4 saturated carbocycles. The molecule has 4 heteroatoms. The van der Waals surface area contributed by atoms with Crippen molar-refractivity contribution >= 4 is 28.3 Å². The number of hydrogen-bond acceptors (Lipinski definition) is 3. The second-order valence-corrected chi connectivity index (χ2v) is 11.0. The van der Waals surface area contributed by atoms with Gasteiger partial charge in [0.1, 0.15) is 0 Å². The molecule has 0 saturated heterocycles. The first-order valence-corrected chi connectivity index (χ1v) is 12.5. The van der Waals surface area contributed by atoms with Crippen LogP contribution in [0.1, 0.15) is 60.0 Å². The highest BCUT2D eigenvalue weighted by molar-refractivity contribution is 6.16. The van der Waals surface area contributed by atoms with Crippen molar-refractivity contribution in [2.75, 3.05) is 7.11 Å². The predicted octanol–water partition coefficient (Wildman–Crippen LogP) is 6.86. The average molecular weight is 467 g/mol.